The Bertz CT molecular complexity index is 271. The molecule has 0 unspecified atom stereocenters. The second kappa shape index (κ2) is 4.03. The van der Waals surface area contributed by atoms with Gasteiger partial charge in [-0.2, -0.15) is 0 Å². The molecule has 0 fully saturated rings. The molecule has 0 atom stereocenters. The van der Waals surface area contributed by atoms with Crippen LogP contribution in [-0.2, 0) is 0 Å². The summed E-state index contributed by atoms with van der Waals surface area (Å²) in [4.78, 5) is 0. The van der Waals surface area contributed by atoms with Gasteiger partial charge in [0.25, 0.3) is 0 Å². The van der Waals surface area contributed by atoms with Crippen molar-refractivity contribution in [2.75, 3.05) is 0 Å². The SMILES string of the molecule is Cc1cc(C)c(C)c(O)c1C.[H-].[Li+]. The molecule has 0 aliphatic carbocycles. The van der Waals surface area contributed by atoms with Gasteiger partial charge in [0.1, 0.15) is 5.75 Å². The molecule has 0 saturated carbocycles. The third-order valence-electron chi connectivity index (χ3n) is 2.33. The second-order valence-electron chi connectivity index (χ2n) is 3.11. The zero-order valence-electron chi connectivity index (χ0n) is 9.52. The van der Waals surface area contributed by atoms with E-state index in [0.29, 0.717) is 5.75 Å². The first-order valence-corrected chi connectivity index (χ1v) is 3.80. The largest absolute Gasteiger partial charge is 1.00 e. The minimum atomic E-state index is 0. The molecule has 62 valence electrons. The van der Waals surface area contributed by atoms with E-state index >= 15 is 0 Å². The van der Waals surface area contributed by atoms with Crippen LogP contribution in [0.3, 0.4) is 0 Å². The minimum Gasteiger partial charge on any atom is -1.00 e. The van der Waals surface area contributed by atoms with E-state index in [2.05, 4.69) is 6.07 Å². The Morgan fingerprint density at radius 3 is 1.67 bits per heavy atom. The maximum absolute atomic E-state index is 9.57. The summed E-state index contributed by atoms with van der Waals surface area (Å²) in [5.74, 6) is 0.447. The molecule has 1 nitrogen and oxygen atoms in total. The molecule has 0 spiro atoms. The van der Waals surface area contributed by atoms with Gasteiger partial charge < -0.3 is 6.53 Å². The van der Waals surface area contributed by atoms with Crippen LogP contribution in [0.5, 0.6) is 5.75 Å². The summed E-state index contributed by atoms with van der Waals surface area (Å²) in [6, 6.07) is 2.10. The number of benzene rings is 1. The topological polar surface area (TPSA) is 20.2 Å². The van der Waals surface area contributed by atoms with Crippen LogP contribution in [0.15, 0.2) is 6.07 Å². The molecule has 1 aromatic rings. The maximum atomic E-state index is 9.57. The van der Waals surface area contributed by atoms with E-state index in [1.807, 2.05) is 27.7 Å². The fourth-order valence-electron chi connectivity index (χ4n) is 1.20. The van der Waals surface area contributed by atoms with Crippen molar-refractivity contribution in [2.24, 2.45) is 0 Å². The van der Waals surface area contributed by atoms with Gasteiger partial charge in [-0.1, -0.05) is 6.07 Å². The van der Waals surface area contributed by atoms with E-state index in [1.54, 1.807) is 0 Å². The number of aryl methyl sites for hydroxylation is 2. The smallest absolute Gasteiger partial charge is 1.00 e. The average Bonchev–Trinajstić information content (AvgIpc) is 1.97. The van der Waals surface area contributed by atoms with Gasteiger partial charge in [0, 0.05) is 0 Å². The molecule has 1 rings (SSSR count). The maximum Gasteiger partial charge on any atom is 1.00 e. The summed E-state index contributed by atoms with van der Waals surface area (Å²) in [7, 11) is 0. The Morgan fingerprint density at radius 1 is 1.00 bits per heavy atom. The summed E-state index contributed by atoms with van der Waals surface area (Å²) in [6.07, 6.45) is 0. The molecule has 12 heavy (non-hydrogen) atoms. The second-order valence-corrected chi connectivity index (χ2v) is 3.11. The summed E-state index contributed by atoms with van der Waals surface area (Å²) in [5, 5.41) is 9.57. The summed E-state index contributed by atoms with van der Waals surface area (Å²) >= 11 is 0. The molecule has 2 heteroatoms. The zero-order chi connectivity index (χ0) is 8.59. The first-order chi connectivity index (χ1) is 5.04. The summed E-state index contributed by atoms with van der Waals surface area (Å²) in [6.45, 7) is 7.91. The van der Waals surface area contributed by atoms with Gasteiger partial charge >= 0.3 is 18.9 Å². The Balaban J connectivity index is 0. The predicted octanol–water partition coefficient (Wildman–Crippen LogP) is -0.258. The Morgan fingerprint density at radius 2 is 1.33 bits per heavy atom. The third-order valence-corrected chi connectivity index (χ3v) is 2.33. The van der Waals surface area contributed by atoms with Gasteiger partial charge in [0.2, 0.25) is 0 Å². The van der Waals surface area contributed by atoms with Crippen LogP contribution >= 0.6 is 0 Å². The van der Waals surface area contributed by atoms with Crippen LogP contribution < -0.4 is 18.9 Å². The molecule has 0 aromatic heterocycles. The quantitative estimate of drug-likeness (QED) is 0.516. The number of hydrogen-bond acceptors (Lipinski definition) is 1. The molecular formula is C10H15LiO. The fourth-order valence-corrected chi connectivity index (χ4v) is 1.20. The normalized spacial score (nSPS) is 9.33. The van der Waals surface area contributed by atoms with E-state index < -0.39 is 0 Å². The van der Waals surface area contributed by atoms with Crippen molar-refractivity contribution < 1.29 is 25.4 Å². The van der Waals surface area contributed by atoms with Gasteiger partial charge in [-0.3, -0.25) is 0 Å². The van der Waals surface area contributed by atoms with Gasteiger partial charge in [0.05, 0.1) is 0 Å². The average molecular weight is 158 g/mol. The van der Waals surface area contributed by atoms with Crippen LogP contribution in [-0.4, -0.2) is 5.11 Å². The fraction of sp³-hybridized carbons (Fsp3) is 0.400. The van der Waals surface area contributed by atoms with E-state index in [1.165, 1.54) is 0 Å². The first kappa shape index (κ1) is 11.6. The summed E-state index contributed by atoms with van der Waals surface area (Å²) in [5.41, 5.74) is 4.30. The molecule has 0 aliphatic rings. The van der Waals surface area contributed by atoms with Crippen molar-refractivity contribution in [3.8, 4) is 5.75 Å². The molecule has 0 radical (unpaired) electrons. The van der Waals surface area contributed by atoms with E-state index in [4.69, 9.17) is 0 Å². The molecule has 1 N–H and O–H groups in total. The van der Waals surface area contributed by atoms with Crippen molar-refractivity contribution >= 4 is 0 Å². The molecular weight excluding hydrogens is 143 g/mol. The van der Waals surface area contributed by atoms with Crippen molar-refractivity contribution in [2.45, 2.75) is 27.7 Å². The monoisotopic (exact) mass is 158 g/mol. The molecule has 0 aliphatic heterocycles. The van der Waals surface area contributed by atoms with Crippen molar-refractivity contribution in [1.29, 1.82) is 0 Å². The number of hydrogen-bond donors (Lipinski definition) is 1. The van der Waals surface area contributed by atoms with Crippen molar-refractivity contribution in [1.82, 2.24) is 0 Å². The van der Waals surface area contributed by atoms with Crippen molar-refractivity contribution in [3.63, 3.8) is 0 Å². The number of phenolic OH excluding ortho intramolecular Hbond substituents is 1. The van der Waals surface area contributed by atoms with Gasteiger partial charge in [-0.15, -0.1) is 0 Å². The van der Waals surface area contributed by atoms with Crippen LogP contribution in [0.25, 0.3) is 0 Å². The van der Waals surface area contributed by atoms with E-state index in [-0.39, 0.29) is 20.3 Å². The predicted molar refractivity (Wildman–Crippen MR) is 48.2 cm³/mol. The standard InChI is InChI=1S/C10H14O.Li.H/c1-6-5-7(2)9(4)10(11)8(6)3;;/h5,11H,1-4H3;;/q;+1;-1. The van der Waals surface area contributed by atoms with Crippen LogP contribution in [0.4, 0.5) is 0 Å². The molecule has 0 heterocycles. The van der Waals surface area contributed by atoms with Gasteiger partial charge in [0.15, 0.2) is 0 Å². The summed E-state index contributed by atoms with van der Waals surface area (Å²) < 4.78 is 0. The first-order valence-electron chi connectivity index (χ1n) is 3.80. The van der Waals surface area contributed by atoms with E-state index in [9.17, 15) is 5.11 Å². The van der Waals surface area contributed by atoms with Crippen LogP contribution in [0, 0.1) is 27.7 Å². The zero-order valence-corrected chi connectivity index (χ0v) is 8.52. The number of phenols is 1. The Labute approximate surface area is 87.5 Å². The molecule has 0 bridgehead atoms. The molecule has 0 saturated heterocycles. The molecule has 1 aromatic carbocycles. The van der Waals surface area contributed by atoms with Gasteiger partial charge in [-0.25, -0.2) is 0 Å². The Kier molecular flexibility index (Phi) is 3.90. The Hall–Kier alpha value is -0.383. The van der Waals surface area contributed by atoms with Crippen LogP contribution in [0.2, 0.25) is 0 Å². The van der Waals surface area contributed by atoms with Crippen LogP contribution in [0.1, 0.15) is 23.7 Å². The molecule has 0 amide bonds. The van der Waals surface area contributed by atoms with Gasteiger partial charge in [-0.05, 0) is 49.9 Å². The van der Waals surface area contributed by atoms with E-state index in [0.717, 1.165) is 22.3 Å². The van der Waals surface area contributed by atoms with Crippen molar-refractivity contribution in [3.05, 3.63) is 28.3 Å². The minimum absolute atomic E-state index is 0. The number of aromatic hydroxyl groups is 1. The third kappa shape index (κ3) is 1.86. The number of rotatable bonds is 0.